The molecule has 136 valence electrons. The van der Waals surface area contributed by atoms with Crippen LogP contribution in [0.4, 0.5) is 0 Å². The van der Waals surface area contributed by atoms with E-state index in [1.54, 1.807) is 4.90 Å². The van der Waals surface area contributed by atoms with Crippen molar-refractivity contribution in [1.29, 1.82) is 0 Å². The first-order valence-corrected chi connectivity index (χ1v) is 8.99. The van der Waals surface area contributed by atoms with Crippen molar-refractivity contribution in [3.05, 3.63) is 35.4 Å². The van der Waals surface area contributed by atoms with E-state index in [0.717, 1.165) is 6.42 Å². The Hall–Kier alpha value is -2.17. The second-order valence-electron chi connectivity index (χ2n) is 7.24. The number of benzene rings is 1. The maximum absolute atomic E-state index is 12.3. The molecule has 0 spiro atoms. The lowest BCUT2D eigenvalue weighted by Gasteiger charge is -2.30. The molecule has 1 aromatic rings. The number of piperidine rings is 1. The van der Waals surface area contributed by atoms with Gasteiger partial charge in [-0.05, 0) is 30.7 Å². The summed E-state index contributed by atoms with van der Waals surface area (Å²) in [5, 5.41) is 9.09. The molecule has 2 rings (SSSR count). The summed E-state index contributed by atoms with van der Waals surface area (Å²) >= 11 is 0. The molecule has 0 aliphatic carbocycles. The molecule has 1 aromatic carbocycles. The summed E-state index contributed by atoms with van der Waals surface area (Å²) in [4.78, 5) is 37.2. The molecule has 5 heteroatoms. The second kappa shape index (κ2) is 8.79. The topological polar surface area (TPSA) is 74.7 Å². The number of hydrogen-bond acceptors (Lipinski definition) is 3. The summed E-state index contributed by atoms with van der Waals surface area (Å²) in [6.07, 6.45) is 2.59. The van der Waals surface area contributed by atoms with Gasteiger partial charge in [-0.3, -0.25) is 14.4 Å². The van der Waals surface area contributed by atoms with Crippen LogP contribution in [0.3, 0.4) is 0 Å². The fourth-order valence-corrected chi connectivity index (χ4v) is 3.23. The lowest BCUT2D eigenvalue weighted by molar-refractivity contribution is -0.145. The maximum Gasteiger partial charge on any atom is 0.308 e. The number of carboxylic acid groups (broad SMARTS) is 1. The van der Waals surface area contributed by atoms with Crippen molar-refractivity contribution in [2.45, 2.75) is 46.0 Å². The molecule has 1 aliphatic rings. The zero-order valence-corrected chi connectivity index (χ0v) is 15.0. The van der Waals surface area contributed by atoms with Crippen molar-refractivity contribution in [3.8, 4) is 0 Å². The monoisotopic (exact) mass is 345 g/mol. The fourth-order valence-electron chi connectivity index (χ4n) is 3.23. The number of carboxylic acids is 1. The van der Waals surface area contributed by atoms with Crippen LogP contribution < -0.4 is 0 Å². The van der Waals surface area contributed by atoms with E-state index in [1.807, 2.05) is 24.3 Å². The molecule has 0 bridgehead atoms. The number of carbonyl (C=O) groups is 3. The third kappa shape index (κ3) is 5.69. The van der Waals surface area contributed by atoms with Gasteiger partial charge >= 0.3 is 5.97 Å². The van der Waals surface area contributed by atoms with Crippen molar-refractivity contribution < 1.29 is 19.5 Å². The minimum Gasteiger partial charge on any atom is -0.481 e. The van der Waals surface area contributed by atoms with Crippen LogP contribution in [-0.4, -0.2) is 40.8 Å². The summed E-state index contributed by atoms with van der Waals surface area (Å²) in [5.74, 6) is -0.942. The number of ketones is 1. The lowest BCUT2D eigenvalue weighted by Crippen LogP contribution is -2.42. The SMILES string of the molecule is CC(C)Cc1ccc(C(=O)CCC(=O)N2CCCC(C(=O)O)C2)cc1. The Labute approximate surface area is 149 Å². The van der Waals surface area contributed by atoms with Crippen molar-refractivity contribution in [1.82, 2.24) is 4.90 Å². The van der Waals surface area contributed by atoms with Gasteiger partial charge in [0.25, 0.3) is 0 Å². The molecule has 0 radical (unpaired) electrons. The van der Waals surface area contributed by atoms with Crippen LogP contribution in [0.15, 0.2) is 24.3 Å². The van der Waals surface area contributed by atoms with E-state index in [2.05, 4.69) is 13.8 Å². The Balaban J connectivity index is 1.84. The Bertz CT molecular complexity index is 621. The summed E-state index contributed by atoms with van der Waals surface area (Å²) < 4.78 is 0. The van der Waals surface area contributed by atoms with Gasteiger partial charge in [0.2, 0.25) is 5.91 Å². The van der Waals surface area contributed by atoms with Gasteiger partial charge in [-0.25, -0.2) is 0 Å². The highest BCUT2D eigenvalue weighted by Crippen LogP contribution is 2.18. The Morgan fingerprint density at radius 3 is 2.44 bits per heavy atom. The van der Waals surface area contributed by atoms with Gasteiger partial charge in [0.1, 0.15) is 0 Å². The number of Topliss-reactive ketones (excluding diaryl/α,β-unsaturated/α-hetero) is 1. The molecule has 1 heterocycles. The van der Waals surface area contributed by atoms with Crippen molar-refractivity contribution >= 4 is 17.7 Å². The average molecular weight is 345 g/mol. The molecule has 1 N–H and O–H groups in total. The van der Waals surface area contributed by atoms with Crippen molar-refractivity contribution in [2.75, 3.05) is 13.1 Å². The number of rotatable bonds is 7. The van der Waals surface area contributed by atoms with E-state index in [4.69, 9.17) is 5.11 Å². The molecule has 0 saturated carbocycles. The largest absolute Gasteiger partial charge is 0.481 e. The predicted octanol–water partition coefficient (Wildman–Crippen LogP) is 3.17. The Kier molecular flexibility index (Phi) is 6.73. The fraction of sp³-hybridized carbons (Fsp3) is 0.550. The summed E-state index contributed by atoms with van der Waals surface area (Å²) in [6, 6.07) is 7.59. The molecular formula is C20H27NO4. The van der Waals surface area contributed by atoms with Gasteiger partial charge in [0.05, 0.1) is 5.92 Å². The molecule has 1 amide bonds. The van der Waals surface area contributed by atoms with Gasteiger partial charge < -0.3 is 10.0 Å². The molecule has 1 saturated heterocycles. The molecule has 1 aliphatic heterocycles. The summed E-state index contributed by atoms with van der Waals surface area (Å²) in [5.41, 5.74) is 1.83. The van der Waals surface area contributed by atoms with E-state index in [9.17, 15) is 14.4 Å². The molecule has 0 aromatic heterocycles. The minimum absolute atomic E-state index is 0.0451. The van der Waals surface area contributed by atoms with E-state index >= 15 is 0 Å². The van der Waals surface area contributed by atoms with Crippen molar-refractivity contribution in [3.63, 3.8) is 0 Å². The van der Waals surface area contributed by atoms with Gasteiger partial charge in [-0.1, -0.05) is 38.1 Å². The lowest BCUT2D eigenvalue weighted by atomic mass is 9.97. The highest BCUT2D eigenvalue weighted by atomic mass is 16.4. The molecular weight excluding hydrogens is 318 g/mol. The van der Waals surface area contributed by atoms with Crippen LogP contribution in [-0.2, 0) is 16.0 Å². The quantitative estimate of drug-likeness (QED) is 0.770. The second-order valence-corrected chi connectivity index (χ2v) is 7.24. The molecule has 1 fully saturated rings. The van der Waals surface area contributed by atoms with Gasteiger partial charge in [-0.15, -0.1) is 0 Å². The van der Waals surface area contributed by atoms with Crippen LogP contribution in [0.2, 0.25) is 0 Å². The summed E-state index contributed by atoms with van der Waals surface area (Å²) in [7, 11) is 0. The Morgan fingerprint density at radius 1 is 1.16 bits per heavy atom. The minimum atomic E-state index is -0.852. The number of likely N-dealkylation sites (tertiary alicyclic amines) is 1. The van der Waals surface area contributed by atoms with E-state index < -0.39 is 11.9 Å². The van der Waals surface area contributed by atoms with Crippen LogP contribution in [0.5, 0.6) is 0 Å². The zero-order chi connectivity index (χ0) is 18.4. The van der Waals surface area contributed by atoms with E-state index in [0.29, 0.717) is 30.9 Å². The zero-order valence-electron chi connectivity index (χ0n) is 15.0. The Morgan fingerprint density at radius 2 is 1.84 bits per heavy atom. The average Bonchev–Trinajstić information content (AvgIpc) is 2.59. The summed E-state index contributed by atoms with van der Waals surface area (Å²) in [6.45, 7) is 5.15. The normalized spacial score (nSPS) is 17.6. The van der Waals surface area contributed by atoms with Crippen LogP contribution in [0, 0.1) is 11.8 Å². The van der Waals surface area contributed by atoms with Gasteiger partial charge in [-0.2, -0.15) is 0 Å². The highest BCUT2D eigenvalue weighted by Gasteiger charge is 2.28. The van der Waals surface area contributed by atoms with Gasteiger partial charge in [0, 0.05) is 31.5 Å². The first-order chi connectivity index (χ1) is 11.9. The van der Waals surface area contributed by atoms with Gasteiger partial charge in [0.15, 0.2) is 5.78 Å². The highest BCUT2D eigenvalue weighted by molar-refractivity contribution is 5.98. The van der Waals surface area contributed by atoms with Crippen LogP contribution >= 0.6 is 0 Å². The first kappa shape index (κ1) is 19.2. The smallest absolute Gasteiger partial charge is 0.308 e. The molecule has 1 unspecified atom stereocenters. The first-order valence-electron chi connectivity index (χ1n) is 8.99. The van der Waals surface area contributed by atoms with E-state index in [1.165, 1.54) is 5.56 Å². The van der Waals surface area contributed by atoms with E-state index in [-0.39, 0.29) is 31.1 Å². The predicted molar refractivity (Wildman–Crippen MR) is 95.5 cm³/mol. The third-order valence-electron chi connectivity index (χ3n) is 4.61. The van der Waals surface area contributed by atoms with Crippen LogP contribution in [0.25, 0.3) is 0 Å². The third-order valence-corrected chi connectivity index (χ3v) is 4.61. The number of nitrogens with zero attached hydrogens (tertiary/aromatic N) is 1. The molecule has 1 atom stereocenters. The van der Waals surface area contributed by atoms with Crippen molar-refractivity contribution in [2.24, 2.45) is 11.8 Å². The number of aliphatic carboxylic acids is 1. The maximum atomic E-state index is 12.3. The molecule has 25 heavy (non-hydrogen) atoms. The number of hydrogen-bond donors (Lipinski definition) is 1. The number of carbonyl (C=O) groups excluding carboxylic acids is 2. The van der Waals surface area contributed by atoms with Crippen LogP contribution in [0.1, 0.15) is 55.5 Å². The standard InChI is InChI=1S/C20H27NO4/c1-14(2)12-15-5-7-16(8-6-15)18(22)9-10-19(23)21-11-3-4-17(13-21)20(24)25/h5-8,14,17H,3-4,9-13H2,1-2H3,(H,24,25). The molecule has 5 nitrogen and oxygen atoms in total. The number of amides is 1.